The Labute approximate surface area is 101 Å². The fourth-order valence-electron chi connectivity index (χ4n) is 1.63. The molecule has 0 heterocycles. The summed E-state index contributed by atoms with van der Waals surface area (Å²) in [7, 11) is 0. The average molecular weight is 243 g/mol. The third kappa shape index (κ3) is 3.46. The first kappa shape index (κ1) is 11.9. The van der Waals surface area contributed by atoms with Crippen molar-refractivity contribution in [3.8, 4) is 0 Å². The molecule has 1 aliphatic carbocycles. The maximum absolute atomic E-state index is 12.8. The molecule has 1 aromatic rings. The number of alkyl halides is 1. The smallest absolute Gasteiger partial charge is 0.123 e. The second-order valence-electron chi connectivity index (χ2n) is 4.38. The normalized spacial score (nSPS) is 17.4. The summed E-state index contributed by atoms with van der Waals surface area (Å²) < 4.78 is 18.4. The molecule has 88 valence electrons. The summed E-state index contributed by atoms with van der Waals surface area (Å²) >= 11 is 5.90. The Bertz CT molecular complexity index is 321. The zero-order valence-corrected chi connectivity index (χ0v) is 9.92. The molecule has 16 heavy (non-hydrogen) atoms. The van der Waals surface area contributed by atoms with E-state index in [1.54, 1.807) is 12.1 Å². The number of rotatable bonds is 6. The highest BCUT2D eigenvalue weighted by atomic mass is 35.5. The standard InChI is InChI=1S/C13H16ClFO/c14-7-12(9-16-8-10-1-2-10)11-3-5-13(15)6-4-11/h3-6,10,12H,1-2,7-9H2. The molecule has 0 bridgehead atoms. The van der Waals surface area contributed by atoms with Crippen LogP contribution >= 0.6 is 11.6 Å². The summed E-state index contributed by atoms with van der Waals surface area (Å²) in [5.74, 6) is 1.23. The van der Waals surface area contributed by atoms with Crippen LogP contribution in [0.2, 0.25) is 0 Å². The quantitative estimate of drug-likeness (QED) is 0.693. The summed E-state index contributed by atoms with van der Waals surface area (Å²) in [6.45, 7) is 1.47. The van der Waals surface area contributed by atoms with Gasteiger partial charge in [-0.05, 0) is 36.5 Å². The van der Waals surface area contributed by atoms with Crippen LogP contribution < -0.4 is 0 Å². The van der Waals surface area contributed by atoms with Crippen molar-refractivity contribution in [1.29, 1.82) is 0 Å². The van der Waals surface area contributed by atoms with Gasteiger partial charge in [0, 0.05) is 18.4 Å². The molecular weight excluding hydrogens is 227 g/mol. The highest BCUT2D eigenvalue weighted by Gasteiger charge is 2.22. The molecular formula is C13H16ClFO. The zero-order valence-electron chi connectivity index (χ0n) is 9.16. The molecule has 1 saturated carbocycles. The van der Waals surface area contributed by atoms with Crippen LogP contribution in [-0.4, -0.2) is 19.1 Å². The van der Waals surface area contributed by atoms with E-state index < -0.39 is 0 Å². The van der Waals surface area contributed by atoms with E-state index in [1.807, 2.05) is 0 Å². The molecule has 1 nitrogen and oxygen atoms in total. The Kier molecular flexibility index (Phi) is 4.19. The van der Waals surface area contributed by atoms with Crippen molar-refractivity contribution >= 4 is 11.6 Å². The van der Waals surface area contributed by atoms with Crippen molar-refractivity contribution in [2.75, 3.05) is 19.1 Å². The lowest BCUT2D eigenvalue weighted by Gasteiger charge is -2.14. The first-order valence-corrected chi connectivity index (χ1v) is 6.22. The Hall–Kier alpha value is -0.600. The predicted molar refractivity (Wildman–Crippen MR) is 63.4 cm³/mol. The van der Waals surface area contributed by atoms with Crippen molar-refractivity contribution in [1.82, 2.24) is 0 Å². The summed E-state index contributed by atoms with van der Waals surface area (Å²) in [6.07, 6.45) is 2.59. The van der Waals surface area contributed by atoms with Gasteiger partial charge in [0.2, 0.25) is 0 Å². The monoisotopic (exact) mass is 242 g/mol. The highest BCUT2D eigenvalue weighted by Crippen LogP contribution is 2.29. The molecule has 0 aromatic heterocycles. The molecule has 0 saturated heterocycles. The minimum atomic E-state index is -0.212. The molecule has 0 aliphatic heterocycles. The number of halogens is 2. The number of ether oxygens (including phenoxy) is 1. The van der Waals surface area contributed by atoms with Gasteiger partial charge in [-0.3, -0.25) is 0 Å². The van der Waals surface area contributed by atoms with Gasteiger partial charge < -0.3 is 4.74 Å². The van der Waals surface area contributed by atoms with Crippen LogP contribution in [0.4, 0.5) is 4.39 Å². The molecule has 0 N–H and O–H groups in total. The molecule has 2 rings (SSSR count). The van der Waals surface area contributed by atoms with Crippen LogP contribution in [0.25, 0.3) is 0 Å². The largest absolute Gasteiger partial charge is 0.380 e. The molecule has 1 atom stereocenters. The number of hydrogen-bond donors (Lipinski definition) is 0. The predicted octanol–water partition coefficient (Wildman–Crippen LogP) is 3.57. The van der Waals surface area contributed by atoms with Crippen molar-refractivity contribution < 1.29 is 9.13 Å². The van der Waals surface area contributed by atoms with Gasteiger partial charge in [-0.15, -0.1) is 11.6 Å². The van der Waals surface area contributed by atoms with E-state index >= 15 is 0 Å². The molecule has 0 radical (unpaired) electrons. The minimum Gasteiger partial charge on any atom is -0.380 e. The highest BCUT2D eigenvalue weighted by molar-refractivity contribution is 6.18. The third-order valence-electron chi connectivity index (χ3n) is 2.90. The first-order valence-electron chi connectivity index (χ1n) is 5.68. The molecule has 1 aromatic carbocycles. The second-order valence-corrected chi connectivity index (χ2v) is 4.69. The minimum absolute atomic E-state index is 0.168. The summed E-state index contributed by atoms with van der Waals surface area (Å²) in [4.78, 5) is 0. The van der Waals surface area contributed by atoms with Gasteiger partial charge >= 0.3 is 0 Å². The van der Waals surface area contributed by atoms with Gasteiger partial charge in [-0.1, -0.05) is 12.1 Å². The van der Waals surface area contributed by atoms with Crippen LogP contribution in [0.5, 0.6) is 0 Å². The molecule has 1 aliphatic rings. The average Bonchev–Trinajstić information content (AvgIpc) is 3.10. The third-order valence-corrected chi connectivity index (χ3v) is 3.27. The van der Waals surface area contributed by atoms with E-state index in [2.05, 4.69) is 0 Å². The van der Waals surface area contributed by atoms with Gasteiger partial charge in [0.15, 0.2) is 0 Å². The SMILES string of the molecule is Fc1ccc(C(CCl)COCC2CC2)cc1. The van der Waals surface area contributed by atoms with Crippen molar-refractivity contribution in [3.63, 3.8) is 0 Å². The Morgan fingerprint density at radius 3 is 2.56 bits per heavy atom. The fraction of sp³-hybridized carbons (Fsp3) is 0.538. The Morgan fingerprint density at radius 1 is 1.31 bits per heavy atom. The van der Waals surface area contributed by atoms with Gasteiger partial charge in [-0.2, -0.15) is 0 Å². The summed E-state index contributed by atoms with van der Waals surface area (Å²) in [6, 6.07) is 6.50. The van der Waals surface area contributed by atoms with E-state index in [-0.39, 0.29) is 11.7 Å². The van der Waals surface area contributed by atoms with Crippen LogP contribution in [0, 0.1) is 11.7 Å². The Balaban J connectivity index is 1.84. The molecule has 1 unspecified atom stereocenters. The zero-order chi connectivity index (χ0) is 11.4. The van der Waals surface area contributed by atoms with Crippen molar-refractivity contribution in [2.45, 2.75) is 18.8 Å². The van der Waals surface area contributed by atoms with Crippen molar-refractivity contribution in [3.05, 3.63) is 35.6 Å². The van der Waals surface area contributed by atoms with Crippen LogP contribution in [0.15, 0.2) is 24.3 Å². The molecule has 0 spiro atoms. The van der Waals surface area contributed by atoms with E-state index in [0.29, 0.717) is 12.5 Å². The molecule has 0 amide bonds. The summed E-state index contributed by atoms with van der Waals surface area (Å²) in [5.41, 5.74) is 1.05. The Morgan fingerprint density at radius 2 is 2.00 bits per heavy atom. The number of benzene rings is 1. The van der Waals surface area contributed by atoms with E-state index in [9.17, 15) is 4.39 Å². The topological polar surface area (TPSA) is 9.23 Å². The lowest BCUT2D eigenvalue weighted by Crippen LogP contribution is -2.11. The molecule has 3 heteroatoms. The van der Waals surface area contributed by atoms with Crippen LogP contribution in [0.3, 0.4) is 0 Å². The van der Waals surface area contributed by atoms with E-state index in [0.717, 1.165) is 18.1 Å². The lowest BCUT2D eigenvalue weighted by atomic mass is 10.0. The maximum atomic E-state index is 12.8. The summed E-state index contributed by atoms with van der Waals surface area (Å²) in [5, 5.41) is 0. The van der Waals surface area contributed by atoms with Gasteiger partial charge in [0.25, 0.3) is 0 Å². The number of hydrogen-bond acceptors (Lipinski definition) is 1. The van der Waals surface area contributed by atoms with Crippen molar-refractivity contribution in [2.24, 2.45) is 5.92 Å². The van der Waals surface area contributed by atoms with Crippen LogP contribution in [-0.2, 0) is 4.74 Å². The van der Waals surface area contributed by atoms with E-state index in [1.165, 1.54) is 25.0 Å². The fourth-order valence-corrected chi connectivity index (χ4v) is 1.89. The van der Waals surface area contributed by atoms with Gasteiger partial charge in [0.1, 0.15) is 5.82 Å². The van der Waals surface area contributed by atoms with Gasteiger partial charge in [-0.25, -0.2) is 4.39 Å². The van der Waals surface area contributed by atoms with Crippen LogP contribution in [0.1, 0.15) is 24.3 Å². The first-order chi connectivity index (χ1) is 7.79. The molecule has 1 fully saturated rings. The second kappa shape index (κ2) is 5.65. The van der Waals surface area contributed by atoms with Gasteiger partial charge in [0.05, 0.1) is 6.61 Å². The lowest BCUT2D eigenvalue weighted by molar-refractivity contribution is 0.115. The maximum Gasteiger partial charge on any atom is 0.123 e. The van der Waals surface area contributed by atoms with E-state index in [4.69, 9.17) is 16.3 Å².